The standard InChI is InChI=1S/C20H19N5OS/c1-2-14-6-3-4-9-18(14)25-13-22-24-20(25)27-12-19(26)23-17-8-5-7-16-15(17)10-11-21-16/h3-11,13,21H,2,12H2,1H3,(H,23,26). The van der Waals surface area contributed by atoms with Crippen LogP contribution in [0.4, 0.5) is 5.69 Å². The van der Waals surface area contributed by atoms with Crippen LogP contribution < -0.4 is 5.32 Å². The third kappa shape index (κ3) is 3.59. The number of para-hydroxylation sites is 1. The summed E-state index contributed by atoms with van der Waals surface area (Å²) >= 11 is 1.37. The SMILES string of the molecule is CCc1ccccc1-n1cnnc1SCC(=O)Nc1cccc2[nH]ccc12. The van der Waals surface area contributed by atoms with E-state index in [-0.39, 0.29) is 11.7 Å². The van der Waals surface area contributed by atoms with Crippen molar-refractivity contribution in [2.45, 2.75) is 18.5 Å². The average molecular weight is 377 g/mol. The topological polar surface area (TPSA) is 75.6 Å². The minimum Gasteiger partial charge on any atom is -0.361 e. The third-order valence-electron chi connectivity index (χ3n) is 4.35. The average Bonchev–Trinajstić information content (AvgIpc) is 3.36. The summed E-state index contributed by atoms with van der Waals surface area (Å²) < 4.78 is 1.93. The number of carbonyl (C=O) groups excluding carboxylic acids is 1. The highest BCUT2D eigenvalue weighted by molar-refractivity contribution is 7.99. The number of hydrogen-bond donors (Lipinski definition) is 2. The fourth-order valence-corrected chi connectivity index (χ4v) is 3.77. The number of nitrogens with zero attached hydrogens (tertiary/aromatic N) is 3. The van der Waals surface area contributed by atoms with Gasteiger partial charge in [-0.2, -0.15) is 0 Å². The molecule has 4 rings (SSSR count). The molecule has 0 saturated carbocycles. The number of anilines is 1. The van der Waals surface area contributed by atoms with Crippen molar-refractivity contribution in [2.24, 2.45) is 0 Å². The summed E-state index contributed by atoms with van der Waals surface area (Å²) in [6.45, 7) is 2.12. The monoisotopic (exact) mass is 377 g/mol. The molecule has 2 aromatic heterocycles. The van der Waals surface area contributed by atoms with E-state index in [2.05, 4.69) is 33.5 Å². The number of aromatic nitrogens is 4. The Labute approximate surface area is 161 Å². The number of aromatic amines is 1. The predicted molar refractivity (Wildman–Crippen MR) is 108 cm³/mol. The molecule has 0 unspecified atom stereocenters. The Hall–Kier alpha value is -3.06. The fraction of sp³-hybridized carbons (Fsp3) is 0.150. The molecule has 6 nitrogen and oxygen atoms in total. The van der Waals surface area contributed by atoms with Gasteiger partial charge in [-0.1, -0.05) is 43.0 Å². The van der Waals surface area contributed by atoms with Crippen LogP contribution in [0.3, 0.4) is 0 Å². The molecule has 0 spiro atoms. The van der Waals surface area contributed by atoms with Gasteiger partial charge in [0.25, 0.3) is 0 Å². The zero-order valence-corrected chi connectivity index (χ0v) is 15.7. The first-order valence-corrected chi connectivity index (χ1v) is 9.72. The number of carbonyl (C=O) groups is 1. The van der Waals surface area contributed by atoms with Crippen LogP contribution in [-0.4, -0.2) is 31.4 Å². The molecule has 2 heterocycles. The summed E-state index contributed by atoms with van der Waals surface area (Å²) in [6.07, 6.45) is 4.47. The van der Waals surface area contributed by atoms with E-state index in [1.54, 1.807) is 6.33 Å². The molecule has 0 radical (unpaired) electrons. The Morgan fingerprint density at radius 1 is 1.19 bits per heavy atom. The number of aryl methyl sites for hydroxylation is 1. The van der Waals surface area contributed by atoms with Crippen molar-refractivity contribution in [1.29, 1.82) is 0 Å². The van der Waals surface area contributed by atoms with E-state index in [0.717, 1.165) is 28.7 Å². The lowest BCUT2D eigenvalue weighted by Gasteiger charge is -2.11. The first kappa shape index (κ1) is 17.4. The lowest BCUT2D eigenvalue weighted by atomic mass is 10.1. The Morgan fingerprint density at radius 3 is 2.96 bits per heavy atom. The molecule has 136 valence electrons. The fourth-order valence-electron chi connectivity index (χ4n) is 3.04. The molecule has 27 heavy (non-hydrogen) atoms. The minimum absolute atomic E-state index is 0.0768. The summed E-state index contributed by atoms with van der Waals surface area (Å²) in [7, 11) is 0. The molecule has 0 atom stereocenters. The van der Waals surface area contributed by atoms with Crippen molar-refractivity contribution in [2.75, 3.05) is 11.1 Å². The number of amides is 1. The highest BCUT2D eigenvalue weighted by atomic mass is 32.2. The van der Waals surface area contributed by atoms with Crippen LogP contribution in [0.5, 0.6) is 0 Å². The van der Waals surface area contributed by atoms with Gasteiger partial charge in [-0.05, 0) is 36.2 Å². The Kier molecular flexibility index (Phi) is 4.93. The largest absolute Gasteiger partial charge is 0.361 e. The summed E-state index contributed by atoms with van der Waals surface area (Å²) in [5.74, 6) is 0.181. The van der Waals surface area contributed by atoms with Gasteiger partial charge in [-0.25, -0.2) is 0 Å². The Bertz CT molecular complexity index is 1080. The van der Waals surface area contributed by atoms with Gasteiger partial charge >= 0.3 is 0 Å². The minimum atomic E-state index is -0.0768. The summed E-state index contributed by atoms with van der Waals surface area (Å²) in [5.41, 5.74) is 4.06. The van der Waals surface area contributed by atoms with Crippen molar-refractivity contribution in [3.05, 3.63) is 66.6 Å². The van der Waals surface area contributed by atoms with Crippen LogP contribution in [0.2, 0.25) is 0 Å². The maximum absolute atomic E-state index is 12.4. The second-order valence-electron chi connectivity index (χ2n) is 6.05. The molecule has 7 heteroatoms. The predicted octanol–water partition coefficient (Wildman–Crippen LogP) is 4.04. The number of hydrogen-bond acceptors (Lipinski definition) is 4. The second kappa shape index (κ2) is 7.67. The van der Waals surface area contributed by atoms with E-state index in [1.807, 2.05) is 53.2 Å². The zero-order chi connectivity index (χ0) is 18.6. The molecular weight excluding hydrogens is 358 g/mol. The van der Waals surface area contributed by atoms with Gasteiger partial charge in [-0.3, -0.25) is 9.36 Å². The van der Waals surface area contributed by atoms with E-state index in [1.165, 1.54) is 17.3 Å². The number of nitrogens with one attached hydrogen (secondary N) is 2. The van der Waals surface area contributed by atoms with Gasteiger partial charge in [0.2, 0.25) is 5.91 Å². The Balaban J connectivity index is 1.47. The quantitative estimate of drug-likeness (QED) is 0.497. The number of benzene rings is 2. The lowest BCUT2D eigenvalue weighted by molar-refractivity contribution is -0.113. The van der Waals surface area contributed by atoms with Crippen molar-refractivity contribution >= 4 is 34.3 Å². The van der Waals surface area contributed by atoms with Crippen molar-refractivity contribution < 1.29 is 4.79 Å². The molecule has 4 aromatic rings. The molecular formula is C20H19N5OS. The first-order chi connectivity index (χ1) is 13.3. The van der Waals surface area contributed by atoms with E-state index in [9.17, 15) is 4.79 Å². The molecule has 0 fully saturated rings. The van der Waals surface area contributed by atoms with Gasteiger partial charge in [0.1, 0.15) is 6.33 Å². The summed E-state index contributed by atoms with van der Waals surface area (Å²) in [4.78, 5) is 15.6. The smallest absolute Gasteiger partial charge is 0.234 e. The van der Waals surface area contributed by atoms with Gasteiger partial charge < -0.3 is 10.3 Å². The Morgan fingerprint density at radius 2 is 2.07 bits per heavy atom. The summed E-state index contributed by atoms with van der Waals surface area (Å²) in [5, 5.41) is 12.9. The van der Waals surface area contributed by atoms with Crippen LogP contribution in [0, 0.1) is 0 Å². The molecule has 0 aliphatic heterocycles. The van der Waals surface area contributed by atoms with Crippen molar-refractivity contribution in [3.63, 3.8) is 0 Å². The molecule has 1 amide bonds. The van der Waals surface area contributed by atoms with Crippen LogP contribution in [-0.2, 0) is 11.2 Å². The van der Waals surface area contributed by atoms with Crippen LogP contribution in [0.15, 0.2) is 66.2 Å². The molecule has 2 N–H and O–H groups in total. The molecule has 0 bridgehead atoms. The van der Waals surface area contributed by atoms with Gasteiger partial charge in [0.05, 0.1) is 17.1 Å². The van der Waals surface area contributed by atoms with Gasteiger partial charge in [-0.15, -0.1) is 10.2 Å². The van der Waals surface area contributed by atoms with E-state index >= 15 is 0 Å². The molecule has 0 saturated heterocycles. The van der Waals surface area contributed by atoms with Crippen LogP contribution >= 0.6 is 11.8 Å². The number of H-pyrrole nitrogens is 1. The molecule has 0 aliphatic rings. The second-order valence-corrected chi connectivity index (χ2v) is 6.99. The maximum Gasteiger partial charge on any atom is 0.234 e. The van der Waals surface area contributed by atoms with Crippen LogP contribution in [0.25, 0.3) is 16.6 Å². The highest BCUT2D eigenvalue weighted by Crippen LogP contribution is 2.24. The van der Waals surface area contributed by atoms with Crippen molar-refractivity contribution in [1.82, 2.24) is 19.7 Å². The zero-order valence-electron chi connectivity index (χ0n) is 14.8. The molecule has 2 aromatic carbocycles. The first-order valence-electron chi connectivity index (χ1n) is 8.73. The lowest BCUT2D eigenvalue weighted by Crippen LogP contribution is -2.14. The highest BCUT2D eigenvalue weighted by Gasteiger charge is 2.13. The molecule has 0 aliphatic carbocycles. The number of rotatable bonds is 6. The normalized spacial score (nSPS) is 11.0. The van der Waals surface area contributed by atoms with Crippen molar-refractivity contribution in [3.8, 4) is 5.69 Å². The van der Waals surface area contributed by atoms with Gasteiger partial charge in [0, 0.05) is 17.1 Å². The number of thioether (sulfide) groups is 1. The van der Waals surface area contributed by atoms with Crippen LogP contribution in [0.1, 0.15) is 12.5 Å². The van der Waals surface area contributed by atoms with E-state index in [4.69, 9.17) is 0 Å². The number of fused-ring (bicyclic) bond motifs is 1. The van der Waals surface area contributed by atoms with E-state index < -0.39 is 0 Å². The van der Waals surface area contributed by atoms with Gasteiger partial charge in [0.15, 0.2) is 5.16 Å². The third-order valence-corrected chi connectivity index (χ3v) is 5.29. The maximum atomic E-state index is 12.4. The van der Waals surface area contributed by atoms with E-state index in [0.29, 0.717) is 5.16 Å². The summed E-state index contributed by atoms with van der Waals surface area (Å²) in [6, 6.07) is 15.9.